The largest absolute Gasteiger partial charge is 0.316 e. The van der Waals surface area contributed by atoms with E-state index < -0.39 is 0 Å². The first-order valence-corrected chi connectivity index (χ1v) is 7.72. The zero-order valence-corrected chi connectivity index (χ0v) is 12.3. The lowest BCUT2D eigenvalue weighted by Gasteiger charge is -2.10. The SMILES string of the molecule is Cc1ccc2cc(CCNCC3CCNC3)ccc2c1. The topological polar surface area (TPSA) is 24.1 Å². The first-order valence-electron chi connectivity index (χ1n) is 7.72. The highest BCUT2D eigenvalue weighted by Gasteiger charge is 2.12. The quantitative estimate of drug-likeness (QED) is 0.815. The van der Waals surface area contributed by atoms with Crippen LogP contribution in [0.25, 0.3) is 10.8 Å². The zero-order chi connectivity index (χ0) is 13.8. The van der Waals surface area contributed by atoms with Crippen LogP contribution in [-0.2, 0) is 6.42 Å². The van der Waals surface area contributed by atoms with Gasteiger partial charge in [-0.3, -0.25) is 0 Å². The minimum atomic E-state index is 0.828. The van der Waals surface area contributed by atoms with Crippen LogP contribution in [-0.4, -0.2) is 26.2 Å². The highest BCUT2D eigenvalue weighted by molar-refractivity contribution is 5.83. The number of hydrogen-bond donors (Lipinski definition) is 2. The lowest BCUT2D eigenvalue weighted by Crippen LogP contribution is -2.26. The predicted molar refractivity (Wildman–Crippen MR) is 86.2 cm³/mol. The Morgan fingerprint density at radius 3 is 2.85 bits per heavy atom. The number of nitrogens with one attached hydrogen (secondary N) is 2. The van der Waals surface area contributed by atoms with Crippen LogP contribution in [0, 0.1) is 12.8 Å². The van der Waals surface area contributed by atoms with E-state index in [4.69, 9.17) is 0 Å². The van der Waals surface area contributed by atoms with Gasteiger partial charge in [-0.1, -0.05) is 42.0 Å². The first kappa shape index (κ1) is 13.6. The molecule has 1 fully saturated rings. The van der Waals surface area contributed by atoms with E-state index in [1.807, 2.05) is 0 Å². The molecule has 1 heterocycles. The maximum Gasteiger partial charge on any atom is -0.000777 e. The molecule has 0 aliphatic carbocycles. The molecule has 0 aromatic heterocycles. The molecule has 2 aromatic rings. The summed E-state index contributed by atoms with van der Waals surface area (Å²) in [5.41, 5.74) is 2.76. The lowest BCUT2D eigenvalue weighted by molar-refractivity contribution is 0.515. The molecule has 2 aromatic carbocycles. The maximum atomic E-state index is 3.59. The molecule has 1 aliphatic heterocycles. The van der Waals surface area contributed by atoms with Gasteiger partial charge in [0.1, 0.15) is 0 Å². The van der Waals surface area contributed by atoms with Crippen LogP contribution in [0.5, 0.6) is 0 Å². The molecule has 1 atom stereocenters. The van der Waals surface area contributed by atoms with Gasteiger partial charge in [-0.2, -0.15) is 0 Å². The second-order valence-electron chi connectivity index (χ2n) is 6.00. The Balaban J connectivity index is 1.53. The summed E-state index contributed by atoms with van der Waals surface area (Å²) in [6.07, 6.45) is 2.44. The summed E-state index contributed by atoms with van der Waals surface area (Å²) in [7, 11) is 0. The highest BCUT2D eigenvalue weighted by Crippen LogP contribution is 2.17. The maximum absolute atomic E-state index is 3.59. The van der Waals surface area contributed by atoms with Gasteiger partial charge < -0.3 is 10.6 Å². The molecule has 1 aliphatic rings. The molecule has 0 bridgehead atoms. The van der Waals surface area contributed by atoms with Gasteiger partial charge in [-0.05, 0) is 68.2 Å². The Morgan fingerprint density at radius 1 is 1.15 bits per heavy atom. The van der Waals surface area contributed by atoms with Gasteiger partial charge in [0, 0.05) is 0 Å². The van der Waals surface area contributed by atoms with Crippen LogP contribution < -0.4 is 10.6 Å². The van der Waals surface area contributed by atoms with E-state index in [0.717, 1.165) is 25.4 Å². The van der Waals surface area contributed by atoms with Crippen LogP contribution in [0.2, 0.25) is 0 Å². The third-order valence-corrected chi connectivity index (χ3v) is 4.25. The summed E-state index contributed by atoms with van der Waals surface area (Å²) < 4.78 is 0. The van der Waals surface area contributed by atoms with Crippen LogP contribution in [0.3, 0.4) is 0 Å². The van der Waals surface area contributed by atoms with Gasteiger partial charge in [0.15, 0.2) is 0 Å². The van der Waals surface area contributed by atoms with Crippen molar-refractivity contribution in [3.8, 4) is 0 Å². The van der Waals surface area contributed by atoms with Crippen molar-refractivity contribution >= 4 is 10.8 Å². The van der Waals surface area contributed by atoms with Crippen molar-refractivity contribution in [2.75, 3.05) is 26.2 Å². The highest BCUT2D eigenvalue weighted by atomic mass is 14.9. The van der Waals surface area contributed by atoms with E-state index in [9.17, 15) is 0 Å². The summed E-state index contributed by atoms with van der Waals surface area (Å²) in [5, 5.41) is 9.71. The molecule has 2 heteroatoms. The van der Waals surface area contributed by atoms with Gasteiger partial charge in [0.2, 0.25) is 0 Å². The molecule has 106 valence electrons. The number of benzene rings is 2. The Hall–Kier alpha value is -1.38. The summed E-state index contributed by atoms with van der Waals surface area (Å²) in [4.78, 5) is 0. The lowest BCUT2D eigenvalue weighted by atomic mass is 10.0. The second kappa shape index (κ2) is 6.38. The summed E-state index contributed by atoms with van der Waals surface area (Å²) in [5.74, 6) is 0.828. The fourth-order valence-electron chi connectivity index (χ4n) is 3.00. The molecular weight excluding hydrogens is 244 g/mol. The zero-order valence-electron chi connectivity index (χ0n) is 12.3. The first-order chi connectivity index (χ1) is 9.81. The van der Waals surface area contributed by atoms with Crippen LogP contribution in [0.4, 0.5) is 0 Å². The Kier molecular flexibility index (Phi) is 4.34. The van der Waals surface area contributed by atoms with Crippen molar-refractivity contribution in [3.05, 3.63) is 47.5 Å². The Labute approximate surface area is 121 Å². The monoisotopic (exact) mass is 268 g/mol. The molecule has 0 amide bonds. The minimum absolute atomic E-state index is 0.828. The number of fused-ring (bicyclic) bond motifs is 1. The number of rotatable bonds is 5. The molecule has 20 heavy (non-hydrogen) atoms. The van der Waals surface area contributed by atoms with Crippen LogP contribution in [0.15, 0.2) is 36.4 Å². The molecule has 2 nitrogen and oxygen atoms in total. The van der Waals surface area contributed by atoms with Crippen molar-refractivity contribution in [2.45, 2.75) is 19.8 Å². The average Bonchev–Trinajstić information content (AvgIpc) is 2.97. The Bertz CT molecular complexity index is 571. The van der Waals surface area contributed by atoms with Gasteiger partial charge in [-0.25, -0.2) is 0 Å². The summed E-state index contributed by atoms with van der Waals surface area (Å²) in [6, 6.07) is 13.5. The van der Waals surface area contributed by atoms with Crippen LogP contribution >= 0.6 is 0 Å². The normalized spacial score (nSPS) is 18.8. The van der Waals surface area contributed by atoms with E-state index in [1.54, 1.807) is 0 Å². The second-order valence-corrected chi connectivity index (χ2v) is 6.00. The third-order valence-electron chi connectivity index (χ3n) is 4.25. The molecular formula is C18H24N2. The van der Waals surface area contributed by atoms with Crippen molar-refractivity contribution in [1.29, 1.82) is 0 Å². The van der Waals surface area contributed by atoms with Gasteiger partial charge in [-0.15, -0.1) is 0 Å². The average molecular weight is 268 g/mol. The van der Waals surface area contributed by atoms with E-state index in [-0.39, 0.29) is 0 Å². The van der Waals surface area contributed by atoms with Crippen LogP contribution in [0.1, 0.15) is 17.5 Å². The molecule has 3 rings (SSSR count). The van der Waals surface area contributed by atoms with E-state index >= 15 is 0 Å². The van der Waals surface area contributed by atoms with Gasteiger partial charge in [0.25, 0.3) is 0 Å². The fourth-order valence-corrected chi connectivity index (χ4v) is 3.00. The summed E-state index contributed by atoms with van der Waals surface area (Å²) >= 11 is 0. The van der Waals surface area contributed by atoms with E-state index in [0.29, 0.717) is 0 Å². The molecule has 1 saturated heterocycles. The molecule has 0 radical (unpaired) electrons. The van der Waals surface area contributed by atoms with E-state index in [1.165, 1.54) is 41.4 Å². The molecule has 1 unspecified atom stereocenters. The third kappa shape index (κ3) is 3.38. The minimum Gasteiger partial charge on any atom is -0.316 e. The fraction of sp³-hybridized carbons (Fsp3) is 0.444. The van der Waals surface area contributed by atoms with E-state index in [2.05, 4.69) is 54.0 Å². The van der Waals surface area contributed by atoms with Crippen molar-refractivity contribution < 1.29 is 0 Å². The smallest absolute Gasteiger partial charge is 0.000777 e. The summed E-state index contributed by atoms with van der Waals surface area (Å²) in [6.45, 7) is 6.75. The van der Waals surface area contributed by atoms with Gasteiger partial charge in [0.05, 0.1) is 0 Å². The van der Waals surface area contributed by atoms with Crippen molar-refractivity contribution in [3.63, 3.8) is 0 Å². The Morgan fingerprint density at radius 2 is 2.00 bits per heavy atom. The van der Waals surface area contributed by atoms with Crippen molar-refractivity contribution in [2.24, 2.45) is 5.92 Å². The molecule has 0 spiro atoms. The molecule has 2 N–H and O–H groups in total. The molecule has 0 saturated carbocycles. The van der Waals surface area contributed by atoms with Crippen molar-refractivity contribution in [1.82, 2.24) is 10.6 Å². The van der Waals surface area contributed by atoms with Gasteiger partial charge >= 0.3 is 0 Å². The predicted octanol–water partition coefficient (Wildman–Crippen LogP) is 2.89. The number of hydrogen-bond acceptors (Lipinski definition) is 2. The number of aryl methyl sites for hydroxylation is 1. The standard InChI is InChI=1S/C18H24N2/c1-14-2-4-18-11-15(3-5-17(18)10-14)6-8-19-12-16-7-9-20-13-16/h2-5,10-11,16,19-20H,6-9,12-13H2,1H3.